The highest BCUT2D eigenvalue weighted by molar-refractivity contribution is 7.17. The van der Waals surface area contributed by atoms with E-state index in [9.17, 15) is 9.90 Å². The highest BCUT2D eigenvalue weighted by Gasteiger charge is 2.12. The molecule has 4 rings (SSSR count). The Morgan fingerprint density at radius 3 is 2.47 bits per heavy atom. The minimum absolute atomic E-state index is 0.264. The van der Waals surface area contributed by atoms with E-state index >= 15 is 0 Å². The summed E-state index contributed by atoms with van der Waals surface area (Å²) < 4.78 is 1.04. The third-order valence-corrected chi connectivity index (χ3v) is 7.12. The fourth-order valence-corrected chi connectivity index (χ4v) is 4.87. The number of rotatable bonds is 10. The monoisotopic (exact) mass is 531 g/mol. The number of hydrogen-bond acceptors (Lipinski definition) is 8. The van der Waals surface area contributed by atoms with E-state index in [0.717, 1.165) is 64.5 Å². The number of benzene rings is 2. The number of likely N-dealkylation sites (N-methyl/N-ethyl adjacent to an activating group) is 1. The third kappa shape index (κ3) is 6.64. The van der Waals surface area contributed by atoms with Gasteiger partial charge in [0.2, 0.25) is 0 Å². The first kappa shape index (κ1) is 27.0. The molecule has 0 spiro atoms. The van der Waals surface area contributed by atoms with Crippen molar-refractivity contribution in [3.63, 3.8) is 0 Å². The van der Waals surface area contributed by atoms with Crippen molar-refractivity contribution in [1.82, 2.24) is 20.3 Å². The zero-order valence-corrected chi connectivity index (χ0v) is 22.9. The number of aromatic nitrogens is 2. The second-order valence-electron chi connectivity index (χ2n) is 8.89. The van der Waals surface area contributed by atoms with Crippen LogP contribution in [0.15, 0.2) is 52.9 Å². The molecule has 0 radical (unpaired) electrons. The number of hydrazone groups is 1. The van der Waals surface area contributed by atoms with Crippen LogP contribution in [-0.2, 0) is 0 Å². The number of carbonyl (C=O) groups excluding carboxylic acids is 1. The number of phenolic OH excluding ortho intramolecular Hbond substituents is 1. The largest absolute Gasteiger partial charge is 0.507 e. The summed E-state index contributed by atoms with van der Waals surface area (Å²) in [4.78, 5) is 24.2. The van der Waals surface area contributed by atoms with E-state index in [4.69, 9.17) is 9.97 Å². The lowest BCUT2D eigenvalue weighted by molar-refractivity contribution is 0.252. The Kier molecular flexibility index (Phi) is 8.88. The average molecular weight is 532 g/mol. The minimum Gasteiger partial charge on any atom is -0.507 e. The van der Waals surface area contributed by atoms with Gasteiger partial charge in [-0.15, -0.1) is 11.3 Å². The fraction of sp³-hybridized carbons (Fsp3) is 0.286. The molecule has 0 saturated carbocycles. The standard InChI is InChI=1S/C28H33N7O2S/c1-5-35(6-2)13-12-29-27-25-23(11-14-38-25)32-26(33-27)21-7-9-22(10-8-21)31-28(37)34-30-17-20-15-18(3)24(36)19(4)16-20/h7-11,14-17,36H,5-6,12-13H2,1-4H3,(H,29,32,33)(H2,31,34,37)/b30-17+. The van der Waals surface area contributed by atoms with Crippen molar-refractivity contribution >= 4 is 45.3 Å². The van der Waals surface area contributed by atoms with Crippen molar-refractivity contribution in [1.29, 1.82) is 0 Å². The number of fused-ring (bicyclic) bond motifs is 1. The summed E-state index contributed by atoms with van der Waals surface area (Å²) in [7, 11) is 0. The van der Waals surface area contributed by atoms with Gasteiger partial charge < -0.3 is 20.6 Å². The van der Waals surface area contributed by atoms with Gasteiger partial charge in [0, 0.05) is 24.3 Å². The first-order chi connectivity index (χ1) is 18.4. The lowest BCUT2D eigenvalue weighted by atomic mass is 10.1. The van der Waals surface area contributed by atoms with Crippen LogP contribution in [-0.4, -0.2) is 58.4 Å². The molecule has 0 aliphatic carbocycles. The lowest BCUT2D eigenvalue weighted by Gasteiger charge is -2.18. The lowest BCUT2D eigenvalue weighted by Crippen LogP contribution is -2.28. The first-order valence-electron chi connectivity index (χ1n) is 12.6. The van der Waals surface area contributed by atoms with Crippen LogP contribution < -0.4 is 16.1 Å². The van der Waals surface area contributed by atoms with Gasteiger partial charge in [0.15, 0.2) is 5.82 Å². The van der Waals surface area contributed by atoms with E-state index < -0.39 is 6.03 Å². The van der Waals surface area contributed by atoms with Gasteiger partial charge in [0.25, 0.3) is 0 Å². The van der Waals surface area contributed by atoms with E-state index in [-0.39, 0.29) is 5.75 Å². The van der Waals surface area contributed by atoms with Crippen molar-refractivity contribution < 1.29 is 9.90 Å². The predicted molar refractivity (Wildman–Crippen MR) is 156 cm³/mol. The molecule has 0 aliphatic rings. The van der Waals surface area contributed by atoms with Gasteiger partial charge in [-0.05, 0) is 91.5 Å². The molecule has 38 heavy (non-hydrogen) atoms. The molecule has 2 amide bonds. The van der Waals surface area contributed by atoms with Gasteiger partial charge in [0.1, 0.15) is 11.6 Å². The molecule has 10 heteroatoms. The number of phenols is 1. The van der Waals surface area contributed by atoms with E-state index in [1.165, 1.54) is 6.21 Å². The molecule has 2 aromatic heterocycles. The van der Waals surface area contributed by atoms with Crippen LogP contribution in [0.25, 0.3) is 21.6 Å². The molecule has 0 saturated heterocycles. The molecule has 2 heterocycles. The molecular formula is C28H33N7O2S. The van der Waals surface area contributed by atoms with E-state index in [1.54, 1.807) is 35.6 Å². The molecule has 4 aromatic rings. The highest BCUT2D eigenvalue weighted by Crippen LogP contribution is 2.29. The van der Waals surface area contributed by atoms with Crippen LogP contribution in [0.5, 0.6) is 5.75 Å². The summed E-state index contributed by atoms with van der Waals surface area (Å²) in [6.07, 6.45) is 1.54. The molecule has 198 valence electrons. The number of nitrogens with zero attached hydrogens (tertiary/aromatic N) is 4. The quantitative estimate of drug-likeness (QED) is 0.157. The number of thiophene rings is 1. The van der Waals surface area contributed by atoms with Gasteiger partial charge in [0.05, 0.1) is 16.4 Å². The second kappa shape index (κ2) is 12.5. The number of urea groups is 1. The highest BCUT2D eigenvalue weighted by atomic mass is 32.1. The topological polar surface area (TPSA) is 115 Å². The van der Waals surface area contributed by atoms with E-state index in [0.29, 0.717) is 11.5 Å². The Bertz CT molecular complexity index is 1410. The van der Waals surface area contributed by atoms with Crippen LogP contribution in [0, 0.1) is 13.8 Å². The zero-order valence-electron chi connectivity index (χ0n) is 22.1. The van der Waals surface area contributed by atoms with Crippen LogP contribution in [0.2, 0.25) is 0 Å². The third-order valence-electron chi connectivity index (χ3n) is 6.21. The molecule has 9 nitrogen and oxygen atoms in total. The maximum atomic E-state index is 12.3. The van der Waals surface area contributed by atoms with Crippen molar-refractivity contribution in [2.75, 3.05) is 36.8 Å². The Balaban J connectivity index is 1.39. The summed E-state index contributed by atoms with van der Waals surface area (Å²) in [5, 5.41) is 22.2. The molecule has 0 aliphatic heterocycles. The summed E-state index contributed by atoms with van der Waals surface area (Å²) in [5.41, 5.74) is 7.12. The number of aryl methyl sites for hydroxylation is 2. The number of carbonyl (C=O) groups is 1. The maximum absolute atomic E-state index is 12.3. The summed E-state index contributed by atoms with van der Waals surface area (Å²) in [6.45, 7) is 11.7. The van der Waals surface area contributed by atoms with Crippen LogP contribution in [0.1, 0.15) is 30.5 Å². The Morgan fingerprint density at radius 1 is 1.08 bits per heavy atom. The van der Waals surface area contributed by atoms with Crippen LogP contribution in [0.4, 0.5) is 16.3 Å². The number of anilines is 2. The van der Waals surface area contributed by atoms with Crippen LogP contribution >= 0.6 is 11.3 Å². The van der Waals surface area contributed by atoms with Crippen molar-refractivity contribution in [2.45, 2.75) is 27.7 Å². The van der Waals surface area contributed by atoms with E-state index in [2.05, 4.69) is 39.9 Å². The smallest absolute Gasteiger partial charge is 0.339 e. The molecule has 4 N–H and O–H groups in total. The predicted octanol–water partition coefficient (Wildman–Crippen LogP) is 5.59. The number of amides is 2. The fourth-order valence-electron chi connectivity index (χ4n) is 4.08. The molecule has 0 bridgehead atoms. The Labute approximate surface area is 226 Å². The summed E-state index contributed by atoms with van der Waals surface area (Å²) >= 11 is 1.63. The number of aromatic hydroxyl groups is 1. The molecule has 0 atom stereocenters. The van der Waals surface area contributed by atoms with Gasteiger partial charge in [-0.3, -0.25) is 0 Å². The Hall–Kier alpha value is -4.02. The van der Waals surface area contributed by atoms with Crippen molar-refractivity contribution in [3.8, 4) is 17.1 Å². The van der Waals surface area contributed by atoms with Gasteiger partial charge >= 0.3 is 6.03 Å². The summed E-state index contributed by atoms with van der Waals surface area (Å²) in [5.74, 6) is 1.73. The SMILES string of the molecule is CCN(CC)CCNc1nc(-c2ccc(NC(=O)N/N=C/c3cc(C)c(O)c(C)c3)cc2)nc2ccsc12. The number of hydrogen-bond donors (Lipinski definition) is 4. The van der Waals surface area contributed by atoms with Crippen molar-refractivity contribution in [3.05, 3.63) is 64.5 Å². The molecule has 0 fully saturated rings. The average Bonchev–Trinajstić information content (AvgIpc) is 3.39. The Morgan fingerprint density at radius 2 is 1.79 bits per heavy atom. The molecule has 0 unspecified atom stereocenters. The van der Waals surface area contributed by atoms with Crippen molar-refractivity contribution in [2.24, 2.45) is 5.10 Å². The summed E-state index contributed by atoms with van der Waals surface area (Å²) in [6, 6.07) is 12.5. The van der Waals surface area contributed by atoms with Gasteiger partial charge in [-0.25, -0.2) is 20.2 Å². The first-order valence-corrected chi connectivity index (χ1v) is 13.5. The zero-order chi connectivity index (χ0) is 27.1. The van der Waals surface area contributed by atoms with Crippen LogP contribution in [0.3, 0.4) is 0 Å². The van der Waals surface area contributed by atoms with Gasteiger partial charge in [-0.1, -0.05) is 13.8 Å². The van der Waals surface area contributed by atoms with Gasteiger partial charge in [-0.2, -0.15) is 5.10 Å². The van der Waals surface area contributed by atoms with E-state index in [1.807, 2.05) is 37.4 Å². The second-order valence-corrected chi connectivity index (χ2v) is 9.81. The minimum atomic E-state index is -0.461. The molecule has 2 aromatic carbocycles. The number of nitrogens with one attached hydrogen (secondary N) is 3. The normalized spacial score (nSPS) is 11.4. The molecular weight excluding hydrogens is 498 g/mol. The maximum Gasteiger partial charge on any atom is 0.339 e.